The number of pyridine rings is 1. The van der Waals surface area contributed by atoms with Crippen molar-refractivity contribution in [2.24, 2.45) is 7.05 Å². The van der Waals surface area contributed by atoms with E-state index >= 15 is 0 Å². The van der Waals surface area contributed by atoms with Gasteiger partial charge in [-0.2, -0.15) is 5.10 Å². The smallest absolute Gasteiger partial charge is 0.269 e. The van der Waals surface area contributed by atoms with Crippen LogP contribution < -0.4 is 10.1 Å². The number of aromatic nitrogens is 3. The number of hydrogen-bond acceptors (Lipinski definition) is 5. The van der Waals surface area contributed by atoms with Crippen molar-refractivity contribution >= 4 is 5.91 Å². The first-order valence-electron chi connectivity index (χ1n) is 8.24. The van der Waals surface area contributed by atoms with E-state index in [1.807, 2.05) is 25.3 Å². The molecule has 2 aromatic rings. The van der Waals surface area contributed by atoms with Gasteiger partial charge in [-0.25, -0.2) is 4.98 Å². The summed E-state index contributed by atoms with van der Waals surface area (Å²) in [6.45, 7) is 5.20. The molecule has 7 nitrogen and oxygen atoms in total. The fraction of sp³-hybridized carbons (Fsp3) is 0.471. The Kier molecular flexibility index (Phi) is 5.10. The monoisotopic (exact) mass is 329 g/mol. The number of rotatable bonds is 6. The lowest BCUT2D eigenvalue weighted by Gasteiger charge is -2.17. The number of carbonyl (C=O) groups is 1. The van der Waals surface area contributed by atoms with Gasteiger partial charge in [0, 0.05) is 51.2 Å². The number of ether oxygens (including phenoxy) is 1. The van der Waals surface area contributed by atoms with Gasteiger partial charge in [0.1, 0.15) is 5.69 Å². The molecule has 128 valence electrons. The van der Waals surface area contributed by atoms with Crippen LogP contribution in [0.3, 0.4) is 0 Å². The molecule has 2 aromatic heterocycles. The fourth-order valence-electron chi connectivity index (χ4n) is 2.95. The minimum absolute atomic E-state index is 0.0652. The van der Waals surface area contributed by atoms with Gasteiger partial charge in [0.05, 0.1) is 6.61 Å². The first-order valence-corrected chi connectivity index (χ1v) is 8.24. The summed E-state index contributed by atoms with van der Waals surface area (Å²) in [5.74, 6) is 0.591. The van der Waals surface area contributed by atoms with Crippen LogP contribution in [0.15, 0.2) is 30.6 Å². The zero-order valence-electron chi connectivity index (χ0n) is 14.1. The summed E-state index contributed by atoms with van der Waals surface area (Å²) in [6.07, 6.45) is 4.44. The summed E-state index contributed by atoms with van der Waals surface area (Å²) in [7, 11) is 1.77. The molecule has 1 aliphatic heterocycles. The number of aryl methyl sites for hydroxylation is 1. The first-order chi connectivity index (χ1) is 11.7. The minimum Gasteiger partial charge on any atom is -0.478 e. The van der Waals surface area contributed by atoms with Gasteiger partial charge in [-0.15, -0.1) is 0 Å². The molecule has 0 spiro atoms. The van der Waals surface area contributed by atoms with Crippen molar-refractivity contribution in [1.82, 2.24) is 25.0 Å². The van der Waals surface area contributed by atoms with Gasteiger partial charge in [0.15, 0.2) is 0 Å². The van der Waals surface area contributed by atoms with Crippen molar-refractivity contribution in [1.29, 1.82) is 0 Å². The number of amides is 1. The molecule has 1 amide bonds. The van der Waals surface area contributed by atoms with Crippen molar-refractivity contribution < 1.29 is 9.53 Å². The molecule has 1 aliphatic rings. The molecule has 1 unspecified atom stereocenters. The van der Waals surface area contributed by atoms with E-state index in [9.17, 15) is 4.79 Å². The molecule has 0 saturated carbocycles. The van der Waals surface area contributed by atoms with Crippen molar-refractivity contribution in [3.63, 3.8) is 0 Å². The fourth-order valence-corrected chi connectivity index (χ4v) is 2.95. The molecule has 0 radical (unpaired) electrons. The third-order valence-electron chi connectivity index (χ3n) is 4.16. The Morgan fingerprint density at radius 2 is 2.29 bits per heavy atom. The predicted octanol–water partition coefficient (Wildman–Crippen LogP) is 1.22. The quantitative estimate of drug-likeness (QED) is 0.863. The summed E-state index contributed by atoms with van der Waals surface area (Å²) >= 11 is 0. The number of carbonyl (C=O) groups excluding carboxylic acids is 1. The lowest BCUT2D eigenvalue weighted by molar-refractivity contribution is 0.0928. The van der Waals surface area contributed by atoms with Crippen LogP contribution in [0.25, 0.3) is 0 Å². The van der Waals surface area contributed by atoms with Crippen molar-refractivity contribution in [2.45, 2.75) is 25.9 Å². The first kappa shape index (κ1) is 16.4. The van der Waals surface area contributed by atoms with Crippen molar-refractivity contribution in [3.8, 4) is 5.88 Å². The summed E-state index contributed by atoms with van der Waals surface area (Å²) in [4.78, 5) is 18.9. The third kappa shape index (κ3) is 3.91. The molecule has 3 heterocycles. The van der Waals surface area contributed by atoms with Gasteiger partial charge in [-0.3, -0.25) is 14.4 Å². The topological polar surface area (TPSA) is 72.3 Å². The SMILES string of the molecule is CCOc1ccc(CN2CCC(NC(=O)c3ccnn3C)C2)cn1. The van der Waals surface area contributed by atoms with E-state index < -0.39 is 0 Å². The summed E-state index contributed by atoms with van der Waals surface area (Å²) < 4.78 is 6.95. The molecular weight excluding hydrogens is 306 g/mol. The molecule has 0 aliphatic carbocycles. The van der Waals surface area contributed by atoms with Crippen LogP contribution in [0.1, 0.15) is 29.4 Å². The van der Waals surface area contributed by atoms with E-state index in [1.54, 1.807) is 24.0 Å². The highest BCUT2D eigenvalue weighted by atomic mass is 16.5. The van der Waals surface area contributed by atoms with Gasteiger partial charge >= 0.3 is 0 Å². The second-order valence-electron chi connectivity index (χ2n) is 5.97. The Morgan fingerprint density at radius 3 is 2.96 bits per heavy atom. The highest BCUT2D eigenvalue weighted by Crippen LogP contribution is 2.15. The van der Waals surface area contributed by atoms with Crippen LogP contribution in [0, 0.1) is 0 Å². The van der Waals surface area contributed by atoms with E-state index in [1.165, 1.54) is 0 Å². The van der Waals surface area contributed by atoms with Gasteiger partial charge < -0.3 is 10.1 Å². The molecule has 0 aromatic carbocycles. The van der Waals surface area contributed by atoms with Crippen LogP contribution in [-0.4, -0.2) is 51.3 Å². The van der Waals surface area contributed by atoms with Crippen molar-refractivity contribution in [2.75, 3.05) is 19.7 Å². The molecular formula is C17H23N5O2. The second-order valence-corrected chi connectivity index (χ2v) is 5.97. The van der Waals surface area contributed by atoms with E-state index in [2.05, 4.69) is 20.3 Å². The van der Waals surface area contributed by atoms with E-state index in [4.69, 9.17) is 4.74 Å². The molecule has 7 heteroatoms. The van der Waals surface area contributed by atoms with E-state index in [0.717, 1.165) is 31.6 Å². The Morgan fingerprint density at radius 1 is 1.42 bits per heavy atom. The molecule has 1 fully saturated rings. The zero-order valence-corrected chi connectivity index (χ0v) is 14.1. The maximum absolute atomic E-state index is 12.2. The van der Waals surface area contributed by atoms with Crippen LogP contribution in [0.4, 0.5) is 0 Å². The average Bonchev–Trinajstić information content (AvgIpc) is 3.18. The second kappa shape index (κ2) is 7.44. The maximum Gasteiger partial charge on any atom is 0.269 e. The lowest BCUT2D eigenvalue weighted by Crippen LogP contribution is -2.37. The number of nitrogens with zero attached hydrogens (tertiary/aromatic N) is 4. The van der Waals surface area contributed by atoms with E-state index in [-0.39, 0.29) is 11.9 Å². The molecule has 0 bridgehead atoms. The van der Waals surface area contributed by atoms with Gasteiger partial charge in [-0.1, -0.05) is 6.07 Å². The van der Waals surface area contributed by atoms with Crippen LogP contribution >= 0.6 is 0 Å². The lowest BCUT2D eigenvalue weighted by atomic mass is 10.2. The Labute approximate surface area is 141 Å². The Bertz CT molecular complexity index is 683. The average molecular weight is 329 g/mol. The molecule has 3 rings (SSSR count). The minimum atomic E-state index is -0.0652. The largest absolute Gasteiger partial charge is 0.478 e. The Balaban J connectivity index is 1.50. The summed E-state index contributed by atoms with van der Waals surface area (Å²) in [5, 5.41) is 7.12. The number of nitrogens with one attached hydrogen (secondary N) is 1. The maximum atomic E-state index is 12.2. The molecule has 24 heavy (non-hydrogen) atoms. The standard InChI is InChI=1S/C17H23N5O2/c1-3-24-16-5-4-13(10-18-16)11-22-9-7-14(12-22)20-17(23)15-6-8-19-21(15)2/h4-6,8,10,14H,3,7,9,11-12H2,1-2H3,(H,20,23). The Hall–Kier alpha value is -2.41. The predicted molar refractivity (Wildman–Crippen MR) is 89.8 cm³/mol. The van der Waals surface area contributed by atoms with Crippen LogP contribution in [0.5, 0.6) is 5.88 Å². The highest BCUT2D eigenvalue weighted by Gasteiger charge is 2.25. The normalized spacial score (nSPS) is 17.8. The number of likely N-dealkylation sites (tertiary alicyclic amines) is 1. The van der Waals surface area contributed by atoms with E-state index in [0.29, 0.717) is 18.2 Å². The third-order valence-corrected chi connectivity index (χ3v) is 4.16. The molecule has 1 atom stereocenters. The molecule has 1 saturated heterocycles. The zero-order chi connectivity index (χ0) is 16.9. The van der Waals surface area contributed by atoms with Gasteiger partial charge in [0.25, 0.3) is 5.91 Å². The van der Waals surface area contributed by atoms with Crippen LogP contribution in [-0.2, 0) is 13.6 Å². The molecule has 1 N–H and O–H groups in total. The summed E-state index contributed by atoms with van der Waals surface area (Å²) in [6, 6.07) is 5.84. The van der Waals surface area contributed by atoms with Crippen molar-refractivity contribution in [3.05, 3.63) is 41.9 Å². The van der Waals surface area contributed by atoms with Crippen LogP contribution in [0.2, 0.25) is 0 Å². The number of hydrogen-bond donors (Lipinski definition) is 1. The van der Waals surface area contributed by atoms with Gasteiger partial charge in [-0.05, 0) is 25.0 Å². The highest BCUT2D eigenvalue weighted by molar-refractivity contribution is 5.92. The van der Waals surface area contributed by atoms with Gasteiger partial charge in [0.2, 0.25) is 5.88 Å². The summed E-state index contributed by atoms with van der Waals surface area (Å²) in [5.41, 5.74) is 1.74.